The van der Waals surface area contributed by atoms with Crippen LogP contribution in [0.15, 0.2) is 24.3 Å². The minimum atomic E-state index is -0.842. The fraction of sp³-hybridized carbons (Fsp3) is 0.915. The fourth-order valence-corrected chi connectivity index (χ4v) is 11.1. The summed E-state index contributed by atoms with van der Waals surface area (Å²) in [5, 5.41) is 23.1. The number of ether oxygens (including phenoxy) is 1. The molecule has 0 bridgehead atoms. The average molecular weight is 1080 g/mol. The van der Waals surface area contributed by atoms with Gasteiger partial charge in [-0.1, -0.05) is 346 Å². The zero-order chi connectivity index (χ0) is 55.7. The van der Waals surface area contributed by atoms with Gasteiger partial charge < -0.3 is 20.3 Å². The van der Waals surface area contributed by atoms with E-state index in [0.29, 0.717) is 19.4 Å². The molecular formula is C71H137NO5. The van der Waals surface area contributed by atoms with Crippen LogP contribution in [0.5, 0.6) is 0 Å². The highest BCUT2D eigenvalue weighted by atomic mass is 16.5. The van der Waals surface area contributed by atoms with Crippen LogP contribution < -0.4 is 5.32 Å². The molecule has 2 atom stereocenters. The van der Waals surface area contributed by atoms with Crippen molar-refractivity contribution in [3.8, 4) is 0 Å². The molecule has 77 heavy (non-hydrogen) atoms. The third-order valence-electron chi connectivity index (χ3n) is 16.5. The van der Waals surface area contributed by atoms with Crippen LogP contribution in [0.25, 0.3) is 0 Å². The summed E-state index contributed by atoms with van der Waals surface area (Å²) in [6, 6.07) is -0.625. The van der Waals surface area contributed by atoms with E-state index in [1.807, 2.05) is 6.08 Å². The first kappa shape index (κ1) is 75.3. The summed E-state index contributed by atoms with van der Waals surface area (Å²) < 4.78 is 5.51. The van der Waals surface area contributed by atoms with E-state index in [1.54, 1.807) is 6.08 Å². The van der Waals surface area contributed by atoms with Gasteiger partial charge in [0.1, 0.15) is 0 Å². The van der Waals surface area contributed by atoms with Gasteiger partial charge in [-0.2, -0.15) is 0 Å². The minimum absolute atomic E-state index is 0.0179. The maximum atomic E-state index is 12.5. The number of rotatable bonds is 66. The van der Waals surface area contributed by atoms with Crippen molar-refractivity contribution in [3.05, 3.63) is 24.3 Å². The second-order valence-electron chi connectivity index (χ2n) is 24.2. The molecule has 0 radical (unpaired) electrons. The quantitative estimate of drug-likeness (QED) is 0.0320. The van der Waals surface area contributed by atoms with E-state index < -0.39 is 12.1 Å². The molecule has 3 N–H and O–H groups in total. The topological polar surface area (TPSA) is 95.9 Å². The lowest BCUT2D eigenvalue weighted by Gasteiger charge is -2.20. The summed E-state index contributed by atoms with van der Waals surface area (Å²) in [4.78, 5) is 24.6. The largest absolute Gasteiger partial charge is 0.466 e. The predicted molar refractivity (Wildman–Crippen MR) is 338 cm³/mol. The van der Waals surface area contributed by atoms with Crippen LogP contribution >= 0.6 is 0 Å². The maximum Gasteiger partial charge on any atom is 0.305 e. The second kappa shape index (κ2) is 66.8. The third kappa shape index (κ3) is 63.4. The molecule has 2 unspecified atom stereocenters. The van der Waals surface area contributed by atoms with E-state index in [0.717, 1.165) is 38.5 Å². The van der Waals surface area contributed by atoms with Crippen molar-refractivity contribution in [2.75, 3.05) is 13.2 Å². The highest BCUT2D eigenvalue weighted by Gasteiger charge is 2.18. The highest BCUT2D eigenvalue weighted by Crippen LogP contribution is 2.19. The van der Waals surface area contributed by atoms with Crippen LogP contribution in [0.2, 0.25) is 0 Å². The number of nitrogens with one attached hydrogen (secondary N) is 1. The first-order valence-electron chi connectivity index (χ1n) is 35.1. The molecule has 0 aliphatic heterocycles. The zero-order valence-corrected chi connectivity index (χ0v) is 52.2. The Kier molecular flexibility index (Phi) is 65.4. The zero-order valence-electron chi connectivity index (χ0n) is 52.2. The van der Waals surface area contributed by atoms with Crippen LogP contribution in [-0.4, -0.2) is 47.4 Å². The molecule has 0 aromatic heterocycles. The van der Waals surface area contributed by atoms with Crippen molar-refractivity contribution in [2.45, 2.75) is 405 Å². The first-order valence-corrected chi connectivity index (χ1v) is 35.1. The second-order valence-corrected chi connectivity index (χ2v) is 24.2. The smallest absolute Gasteiger partial charge is 0.305 e. The number of aliphatic hydroxyl groups is 2. The van der Waals surface area contributed by atoms with Gasteiger partial charge in [-0.05, 0) is 57.8 Å². The van der Waals surface area contributed by atoms with E-state index >= 15 is 0 Å². The first-order chi connectivity index (χ1) is 38.0. The number of amides is 1. The minimum Gasteiger partial charge on any atom is -0.466 e. The Bertz CT molecular complexity index is 1200. The lowest BCUT2D eigenvalue weighted by Crippen LogP contribution is -2.45. The third-order valence-corrected chi connectivity index (χ3v) is 16.5. The van der Waals surface area contributed by atoms with Gasteiger partial charge >= 0.3 is 5.97 Å². The van der Waals surface area contributed by atoms with Crippen molar-refractivity contribution in [1.29, 1.82) is 0 Å². The molecule has 0 heterocycles. The molecule has 0 aliphatic carbocycles. The van der Waals surface area contributed by atoms with Crippen molar-refractivity contribution < 1.29 is 24.5 Å². The Morgan fingerprint density at radius 3 is 0.922 bits per heavy atom. The molecular weight excluding hydrogens is 947 g/mol. The van der Waals surface area contributed by atoms with Gasteiger partial charge in [0.2, 0.25) is 5.91 Å². The van der Waals surface area contributed by atoms with Crippen LogP contribution in [-0.2, 0) is 14.3 Å². The van der Waals surface area contributed by atoms with Gasteiger partial charge in [0.05, 0.1) is 25.4 Å². The summed E-state index contributed by atoms with van der Waals surface area (Å²) >= 11 is 0. The van der Waals surface area contributed by atoms with Crippen LogP contribution in [0, 0.1) is 0 Å². The van der Waals surface area contributed by atoms with Gasteiger partial charge in [-0.25, -0.2) is 0 Å². The number of aliphatic hydroxyl groups excluding tert-OH is 2. The predicted octanol–water partition coefficient (Wildman–Crippen LogP) is 22.5. The summed E-state index contributed by atoms with van der Waals surface area (Å²) in [5.74, 6) is -0.0453. The number of esters is 1. The Morgan fingerprint density at radius 2 is 0.610 bits per heavy atom. The van der Waals surface area contributed by atoms with E-state index in [4.69, 9.17) is 4.74 Å². The lowest BCUT2D eigenvalue weighted by molar-refractivity contribution is -0.143. The summed E-state index contributed by atoms with van der Waals surface area (Å²) in [5.41, 5.74) is 0. The number of carbonyl (C=O) groups is 2. The van der Waals surface area contributed by atoms with E-state index in [1.165, 1.54) is 327 Å². The number of hydrogen-bond acceptors (Lipinski definition) is 5. The Morgan fingerprint density at radius 1 is 0.351 bits per heavy atom. The Hall–Kier alpha value is -1.66. The normalized spacial score (nSPS) is 12.6. The summed E-state index contributed by atoms with van der Waals surface area (Å²) in [6.07, 6.45) is 84.0. The number of unbranched alkanes of at least 4 members (excludes halogenated alkanes) is 53. The monoisotopic (exact) mass is 1080 g/mol. The molecule has 0 aromatic carbocycles. The van der Waals surface area contributed by atoms with E-state index in [9.17, 15) is 19.8 Å². The van der Waals surface area contributed by atoms with E-state index in [2.05, 4.69) is 31.3 Å². The van der Waals surface area contributed by atoms with Crippen LogP contribution in [0.1, 0.15) is 393 Å². The molecule has 6 heteroatoms. The van der Waals surface area contributed by atoms with E-state index in [-0.39, 0.29) is 18.5 Å². The van der Waals surface area contributed by atoms with Gasteiger partial charge in [-0.3, -0.25) is 9.59 Å². The molecule has 0 aromatic rings. The number of hydrogen-bond donors (Lipinski definition) is 3. The van der Waals surface area contributed by atoms with Crippen LogP contribution in [0.3, 0.4) is 0 Å². The molecule has 0 fully saturated rings. The Balaban J connectivity index is 3.34. The molecule has 0 spiro atoms. The van der Waals surface area contributed by atoms with Crippen molar-refractivity contribution >= 4 is 11.9 Å². The molecule has 0 aliphatic rings. The summed E-state index contributed by atoms with van der Waals surface area (Å²) in [7, 11) is 0. The number of allylic oxidation sites excluding steroid dienone is 3. The maximum absolute atomic E-state index is 12.5. The van der Waals surface area contributed by atoms with Crippen LogP contribution in [0.4, 0.5) is 0 Å². The van der Waals surface area contributed by atoms with Crippen molar-refractivity contribution in [2.24, 2.45) is 0 Å². The van der Waals surface area contributed by atoms with Gasteiger partial charge in [-0.15, -0.1) is 0 Å². The Labute approximate surface area is 481 Å². The highest BCUT2D eigenvalue weighted by molar-refractivity contribution is 5.76. The number of carbonyl (C=O) groups excluding carboxylic acids is 2. The van der Waals surface area contributed by atoms with Crippen molar-refractivity contribution in [3.63, 3.8) is 0 Å². The van der Waals surface area contributed by atoms with Gasteiger partial charge in [0.15, 0.2) is 0 Å². The van der Waals surface area contributed by atoms with Gasteiger partial charge in [0.25, 0.3) is 0 Å². The lowest BCUT2D eigenvalue weighted by atomic mass is 10.0. The molecule has 0 rings (SSSR count). The average Bonchev–Trinajstić information content (AvgIpc) is 3.43. The molecule has 0 saturated carbocycles. The SMILES string of the molecule is CCCCCCCC/C=C\CCCCCCCCCCCC(=O)OCCCCCCCCCCCCCCCCCCCCCCCCCCCCCC(=O)NC(CO)C(O)/C=C/CCCCCCCCCCCCCC. The molecule has 6 nitrogen and oxygen atoms in total. The standard InChI is InChI=1S/C71H137NO5/c1-3-5-7-9-11-13-15-17-19-20-30-34-37-41-45-49-53-57-61-65-71(76)77-66-62-58-54-50-46-42-38-35-32-29-27-25-23-21-22-24-26-28-31-33-36-40-44-48-52-56-60-64-70(75)72-68(67-73)69(74)63-59-55-51-47-43-39-18-16-14-12-10-8-6-4-2/h17,19,59,63,68-69,73-74H,3-16,18,20-58,60-62,64-67H2,1-2H3,(H,72,75)/b19-17-,63-59+. The fourth-order valence-electron chi connectivity index (χ4n) is 11.1. The molecule has 456 valence electrons. The van der Waals surface area contributed by atoms with Crippen molar-refractivity contribution in [1.82, 2.24) is 5.32 Å². The summed E-state index contributed by atoms with van der Waals surface area (Å²) in [6.45, 7) is 4.93. The molecule has 1 amide bonds. The molecule has 0 saturated heterocycles. The van der Waals surface area contributed by atoms with Gasteiger partial charge in [0, 0.05) is 12.8 Å².